The Kier molecular flexibility index (Phi) is 4.53. The summed E-state index contributed by atoms with van der Waals surface area (Å²) in [5.74, 6) is -0.357. The van der Waals surface area contributed by atoms with Gasteiger partial charge in [-0.1, -0.05) is 18.2 Å². The number of carbonyl (C=O) groups excluding carboxylic acids is 1. The van der Waals surface area contributed by atoms with Gasteiger partial charge in [-0.25, -0.2) is 14.2 Å². The number of halogens is 1. The molecule has 0 radical (unpaired) electrons. The van der Waals surface area contributed by atoms with Crippen molar-refractivity contribution in [3.63, 3.8) is 0 Å². The smallest absolute Gasteiger partial charge is 0.308 e. The number of rotatable bonds is 3. The number of pyridine rings is 1. The Labute approximate surface area is 161 Å². The van der Waals surface area contributed by atoms with Gasteiger partial charge in [0.15, 0.2) is 0 Å². The van der Waals surface area contributed by atoms with Crippen LogP contribution >= 0.6 is 0 Å². The highest BCUT2D eigenvalue weighted by Crippen LogP contribution is 2.22. The standard InChI is InChI=1S/C22H19FN4O/c1-14-9-10-27-13-20(26-21(27)11-14)16-4-7-17(8-5-16)24-22(28)25-18-6-3-15(2)19(23)12-18/h3-13H,1-2H3,(H2,24,25,28). The lowest BCUT2D eigenvalue weighted by molar-refractivity contribution is 0.262. The molecule has 2 N–H and O–H groups in total. The summed E-state index contributed by atoms with van der Waals surface area (Å²) in [7, 11) is 0. The first-order valence-electron chi connectivity index (χ1n) is 8.88. The molecular formula is C22H19FN4O. The number of hydrogen-bond acceptors (Lipinski definition) is 2. The summed E-state index contributed by atoms with van der Waals surface area (Å²) in [6, 6.07) is 15.6. The summed E-state index contributed by atoms with van der Waals surface area (Å²) < 4.78 is 15.6. The molecule has 0 unspecified atom stereocenters. The van der Waals surface area contributed by atoms with E-state index in [2.05, 4.69) is 15.6 Å². The van der Waals surface area contributed by atoms with Gasteiger partial charge in [0.2, 0.25) is 0 Å². The first kappa shape index (κ1) is 17.7. The molecule has 0 bridgehead atoms. The molecule has 6 heteroatoms. The molecule has 0 spiro atoms. The van der Waals surface area contributed by atoms with Crippen LogP contribution in [0.4, 0.5) is 20.6 Å². The third-order valence-electron chi connectivity index (χ3n) is 4.48. The third kappa shape index (κ3) is 3.71. The number of amides is 2. The highest BCUT2D eigenvalue weighted by atomic mass is 19.1. The number of nitrogens with one attached hydrogen (secondary N) is 2. The number of fused-ring (bicyclic) bond motifs is 1. The van der Waals surface area contributed by atoms with Crippen molar-refractivity contribution in [3.8, 4) is 11.3 Å². The molecule has 0 saturated carbocycles. The second-order valence-corrected chi connectivity index (χ2v) is 6.72. The maximum atomic E-state index is 13.6. The van der Waals surface area contributed by atoms with E-state index in [-0.39, 0.29) is 5.82 Å². The molecule has 0 aliphatic heterocycles. The second-order valence-electron chi connectivity index (χ2n) is 6.72. The highest BCUT2D eigenvalue weighted by molar-refractivity contribution is 5.99. The molecule has 2 heterocycles. The Bertz CT molecular complexity index is 1170. The molecule has 28 heavy (non-hydrogen) atoms. The van der Waals surface area contributed by atoms with Crippen LogP contribution in [0.25, 0.3) is 16.9 Å². The van der Waals surface area contributed by atoms with Gasteiger partial charge in [0, 0.05) is 29.3 Å². The Morgan fingerprint density at radius 2 is 1.68 bits per heavy atom. The summed E-state index contributed by atoms with van der Waals surface area (Å²) >= 11 is 0. The van der Waals surface area contributed by atoms with Crippen LogP contribution in [0.2, 0.25) is 0 Å². The van der Waals surface area contributed by atoms with Gasteiger partial charge >= 0.3 is 6.03 Å². The normalized spacial score (nSPS) is 10.8. The van der Waals surface area contributed by atoms with E-state index in [1.807, 2.05) is 48.0 Å². The van der Waals surface area contributed by atoms with E-state index in [1.54, 1.807) is 31.2 Å². The van der Waals surface area contributed by atoms with E-state index in [1.165, 1.54) is 6.07 Å². The predicted molar refractivity (Wildman–Crippen MR) is 109 cm³/mol. The van der Waals surface area contributed by atoms with Crippen molar-refractivity contribution in [2.75, 3.05) is 10.6 Å². The molecule has 0 aliphatic rings. The first-order valence-corrected chi connectivity index (χ1v) is 8.88. The Balaban J connectivity index is 1.46. The van der Waals surface area contributed by atoms with Gasteiger partial charge in [0.05, 0.1) is 5.69 Å². The molecule has 2 amide bonds. The van der Waals surface area contributed by atoms with Crippen LogP contribution in [-0.4, -0.2) is 15.4 Å². The van der Waals surface area contributed by atoms with E-state index < -0.39 is 6.03 Å². The van der Waals surface area contributed by atoms with Crippen molar-refractivity contribution in [3.05, 3.63) is 83.9 Å². The summed E-state index contributed by atoms with van der Waals surface area (Å²) in [5, 5.41) is 5.36. The molecule has 0 aliphatic carbocycles. The Hall–Kier alpha value is -3.67. The number of benzene rings is 2. The van der Waals surface area contributed by atoms with Crippen LogP contribution in [0.3, 0.4) is 0 Å². The molecule has 4 aromatic rings. The number of aryl methyl sites for hydroxylation is 2. The summed E-state index contributed by atoms with van der Waals surface area (Å²) in [6.45, 7) is 3.70. The number of aromatic nitrogens is 2. The van der Waals surface area contributed by atoms with Crippen molar-refractivity contribution in [2.45, 2.75) is 13.8 Å². The van der Waals surface area contributed by atoms with Crippen molar-refractivity contribution < 1.29 is 9.18 Å². The molecule has 0 fully saturated rings. The van der Waals surface area contributed by atoms with Crippen molar-refractivity contribution in [2.24, 2.45) is 0 Å². The molecular weight excluding hydrogens is 355 g/mol. The minimum atomic E-state index is -0.431. The zero-order valence-electron chi connectivity index (χ0n) is 15.5. The quantitative estimate of drug-likeness (QED) is 0.504. The van der Waals surface area contributed by atoms with E-state index in [9.17, 15) is 9.18 Å². The average Bonchev–Trinajstić information content (AvgIpc) is 3.08. The topological polar surface area (TPSA) is 58.4 Å². The number of imidazole rings is 1. The first-order chi connectivity index (χ1) is 13.5. The fourth-order valence-corrected chi connectivity index (χ4v) is 2.91. The lowest BCUT2D eigenvalue weighted by Crippen LogP contribution is -2.19. The van der Waals surface area contributed by atoms with Crippen LogP contribution in [0.1, 0.15) is 11.1 Å². The maximum absolute atomic E-state index is 13.6. The average molecular weight is 374 g/mol. The number of carbonyl (C=O) groups is 1. The van der Waals surface area contributed by atoms with E-state index in [0.29, 0.717) is 16.9 Å². The Morgan fingerprint density at radius 3 is 2.43 bits per heavy atom. The molecule has 2 aromatic heterocycles. The van der Waals surface area contributed by atoms with Crippen molar-refractivity contribution in [1.29, 1.82) is 0 Å². The maximum Gasteiger partial charge on any atom is 0.323 e. The lowest BCUT2D eigenvalue weighted by Gasteiger charge is -2.09. The third-order valence-corrected chi connectivity index (χ3v) is 4.48. The van der Waals surface area contributed by atoms with Gasteiger partial charge in [0.25, 0.3) is 0 Å². The summed E-state index contributed by atoms with van der Waals surface area (Å²) in [5.41, 5.74) is 5.42. The van der Waals surface area contributed by atoms with Crippen LogP contribution in [0.15, 0.2) is 67.0 Å². The van der Waals surface area contributed by atoms with E-state index in [4.69, 9.17) is 0 Å². The SMILES string of the molecule is Cc1ccn2cc(-c3ccc(NC(=O)Nc4ccc(C)c(F)c4)cc3)nc2c1. The monoisotopic (exact) mass is 374 g/mol. The zero-order chi connectivity index (χ0) is 19.7. The second kappa shape index (κ2) is 7.15. The Morgan fingerprint density at radius 1 is 0.964 bits per heavy atom. The molecule has 0 atom stereocenters. The van der Waals surface area contributed by atoms with Gasteiger partial charge in [0.1, 0.15) is 11.5 Å². The number of anilines is 2. The van der Waals surface area contributed by atoms with Gasteiger partial charge in [-0.15, -0.1) is 0 Å². The molecule has 5 nitrogen and oxygen atoms in total. The minimum Gasteiger partial charge on any atom is -0.308 e. The fourth-order valence-electron chi connectivity index (χ4n) is 2.91. The van der Waals surface area contributed by atoms with Crippen molar-refractivity contribution >= 4 is 23.1 Å². The highest BCUT2D eigenvalue weighted by Gasteiger charge is 2.07. The van der Waals surface area contributed by atoms with Gasteiger partial charge in [-0.3, -0.25) is 0 Å². The summed E-state index contributed by atoms with van der Waals surface area (Å²) in [6.07, 6.45) is 3.95. The lowest BCUT2D eigenvalue weighted by atomic mass is 10.1. The zero-order valence-corrected chi connectivity index (χ0v) is 15.5. The largest absolute Gasteiger partial charge is 0.323 e. The van der Waals surface area contributed by atoms with Crippen LogP contribution < -0.4 is 10.6 Å². The van der Waals surface area contributed by atoms with Gasteiger partial charge in [-0.2, -0.15) is 0 Å². The van der Waals surface area contributed by atoms with Crippen LogP contribution in [-0.2, 0) is 0 Å². The van der Waals surface area contributed by atoms with Crippen molar-refractivity contribution in [1.82, 2.24) is 9.38 Å². The van der Waals surface area contributed by atoms with Gasteiger partial charge in [-0.05, 0) is 61.4 Å². The number of urea groups is 1. The number of nitrogens with zero attached hydrogens (tertiary/aromatic N) is 2. The molecule has 0 saturated heterocycles. The minimum absolute atomic E-state index is 0.357. The van der Waals surface area contributed by atoms with Crippen LogP contribution in [0, 0.1) is 19.7 Å². The molecule has 140 valence electrons. The molecule has 2 aromatic carbocycles. The predicted octanol–water partition coefficient (Wildman–Crippen LogP) is 5.40. The molecule has 4 rings (SSSR count). The fraction of sp³-hybridized carbons (Fsp3) is 0.0909. The summed E-state index contributed by atoms with van der Waals surface area (Å²) in [4.78, 5) is 16.8. The van der Waals surface area contributed by atoms with Crippen LogP contribution in [0.5, 0.6) is 0 Å². The number of hydrogen-bond donors (Lipinski definition) is 2. The van der Waals surface area contributed by atoms with Gasteiger partial charge < -0.3 is 15.0 Å². The van der Waals surface area contributed by atoms with E-state index >= 15 is 0 Å². The van der Waals surface area contributed by atoms with E-state index in [0.717, 1.165) is 22.5 Å².